The smallest absolute Gasteiger partial charge is 0.320 e. The van der Waals surface area contributed by atoms with Crippen LogP contribution >= 0.6 is 0 Å². The number of sulfone groups is 1. The van der Waals surface area contributed by atoms with Crippen molar-refractivity contribution >= 4 is 32.8 Å². The van der Waals surface area contributed by atoms with E-state index in [1.54, 1.807) is 17.8 Å². The molecule has 0 unspecified atom stereocenters. The summed E-state index contributed by atoms with van der Waals surface area (Å²) in [5.74, 6) is 0.0161. The second-order valence-electron chi connectivity index (χ2n) is 6.95. The molecule has 10 nitrogen and oxygen atoms in total. The van der Waals surface area contributed by atoms with Crippen molar-refractivity contribution in [2.24, 2.45) is 0 Å². The number of nitrogens with zero attached hydrogens (tertiary/aromatic N) is 4. The van der Waals surface area contributed by atoms with Crippen molar-refractivity contribution in [2.75, 3.05) is 31.0 Å². The van der Waals surface area contributed by atoms with Crippen molar-refractivity contribution in [1.82, 2.24) is 19.5 Å². The lowest BCUT2D eigenvalue weighted by molar-refractivity contribution is -0.139. The molecule has 0 atom stereocenters. The number of ether oxygens (including phenoxy) is 2. The Labute approximate surface area is 180 Å². The van der Waals surface area contributed by atoms with Gasteiger partial charge in [-0.1, -0.05) is 31.2 Å². The number of benzene rings is 1. The summed E-state index contributed by atoms with van der Waals surface area (Å²) in [5.41, 5.74) is 8.74. The van der Waals surface area contributed by atoms with Crippen LogP contribution in [0.5, 0.6) is 6.01 Å². The molecule has 0 saturated carbocycles. The molecule has 2 aromatic heterocycles. The molecule has 0 aliphatic rings. The summed E-state index contributed by atoms with van der Waals surface area (Å²) in [4.78, 5) is 24.3. The van der Waals surface area contributed by atoms with E-state index in [1.165, 1.54) is 7.11 Å². The molecule has 2 N–H and O–H groups in total. The number of hydrogen-bond donors (Lipinski definition) is 1. The first-order chi connectivity index (χ1) is 14.8. The molecule has 0 aliphatic heterocycles. The van der Waals surface area contributed by atoms with E-state index in [1.807, 2.05) is 24.3 Å². The van der Waals surface area contributed by atoms with Crippen molar-refractivity contribution in [2.45, 2.75) is 26.3 Å². The first-order valence-electron chi connectivity index (χ1n) is 9.77. The van der Waals surface area contributed by atoms with Crippen molar-refractivity contribution < 1.29 is 22.7 Å². The number of fused-ring (bicyclic) bond motifs is 1. The minimum Gasteiger partial charge on any atom is -0.469 e. The number of carbonyl (C=O) groups excluding carboxylic acids is 1. The fraction of sp³-hybridized carbons (Fsp3) is 0.400. The number of imidazole rings is 1. The van der Waals surface area contributed by atoms with Gasteiger partial charge >= 0.3 is 12.0 Å². The van der Waals surface area contributed by atoms with Crippen LogP contribution in [0.1, 0.15) is 24.5 Å². The number of nitrogens with two attached hydrogens (primary N) is 1. The number of aromatic nitrogens is 4. The van der Waals surface area contributed by atoms with E-state index in [4.69, 9.17) is 15.2 Å². The average Bonchev–Trinajstić information content (AvgIpc) is 3.14. The van der Waals surface area contributed by atoms with Gasteiger partial charge in [0.05, 0.1) is 38.8 Å². The van der Waals surface area contributed by atoms with Crippen molar-refractivity contribution in [3.8, 4) is 6.01 Å². The Balaban J connectivity index is 1.75. The number of anilines is 1. The van der Waals surface area contributed by atoms with Crippen LogP contribution < -0.4 is 10.5 Å². The molecule has 0 amide bonds. The Morgan fingerprint density at radius 2 is 2.00 bits per heavy atom. The lowest BCUT2D eigenvalue weighted by Gasteiger charge is -2.08. The van der Waals surface area contributed by atoms with Crippen LogP contribution in [0, 0.1) is 0 Å². The van der Waals surface area contributed by atoms with Gasteiger partial charge < -0.3 is 19.8 Å². The van der Waals surface area contributed by atoms with Crippen LogP contribution in [-0.4, -0.2) is 59.1 Å². The first kappa shape index (κ1) is 22.5. The molecule has 31 heavy (non-hydrogen) atoms. The Kier molecular flexibility index (Phi) is 7.06. The van der Waals surface area contributed by atoms with Crippen molar-refractivity contribution in [3.63, 3.8) is 0 Å². The highest BCUT2D eigenvalue weighted by Gasteiger charge is 2.14. The predicted molar refractivity (Wildman–Crippen MR) is 115 cm³/mol. The minimum atomic E-state index is -3.05. The van der Waals surface area contributed by atoms with E-state index in [0.717, 1.165) is 11.1 Å². The van der Waals surface area contributed by atoms with E-state index in [2.05, 4.69) is 15.0 Å². The van der Waals surface area contributed by atoms with Crippen molar-refractivity contribution in [1.29, 1.82) is 0 Å². The van der Waals surface area contributed by atoms with Crippen LogP contribution in [0.3, 0.4) is 0 Å². The van der Waals surface area contributed by atoms with E-state index >= 15 is 0 Å². The maximum absolute atomic E-state index is 11.6. The second-order valence-corrected chi connectivity index (χ2v) is 9.42. The molecule has 0 fully saturated rings. The third-order valence-corrected chi connectivity index (χ3v) is 6.45. The summed E-state index contributed by atoms with van der Waals surface area (Å²) in [5, 5.41) is 0. The summed E-state index contributed by atoms with van der Waals surface area (Å²) in [6, 6.07) is 7.65. The molecule has 2 heterocycles. The quantitative estimate of drug-likeness (QED) is 0.360. The molecular formula is C20H25N5O5S. The van der Waals surface area contributed by atoms with E-state index in [0.29, 0.717) is 24.1 Å². The lowest BCUT2D eigenvalue weighted by atomic mass is 10.1. The third kappa shape index (κ3) is 5.91. The van der Waals surface area contributed by atoms with Crippen LogP contribution in [-0.2, 0) is 32.3 Å². The van der Waals surface area contributed by atoms with Gasteiger partial charge in [-0.25, -0.2) is 13.4 Å². The molecule has 3 aromatic rings. The number of rotatable bonds is 10. The molecule has 0 saturated heterocycles. The highest BCUT2D eigenvalue weighted by Crippen LogP contribution is 2.20. The molecule has 0 bridgehead atoms. The fourth-order valence-corrected chi connectivity index (χ4v) is 3.83. The highest BCUT2D eigenvalue weighted by molar-refractivity contribution is 7.91. The molecule has 0 spiro atoms. The van der Waals surface area contributed by atoms with E-state index in [9.17, 15) is 13.2 Å². The zero-order valence-electron chi connectivity index (χ0n) is 17.4. The maximum atomic E-state index is 11.6. The number of hydrogen-bond acceptors (Lipinski definition) is 9. The molecule has 11 heteroatoms. The lowest BCUT2D eigenvalue weighted by Crippen LogP contribution is -2.13. The van der Waals surface area contributed by atoms with Gasteiger partial charge in [-0.05, 0) is 17.5 Å². The molecular weight excluding hydrogens is 422 g/mol. The maximum Gasteiger partial charge on any atom is 0.320 e. The normalized spacial score (nSPS) is 11.5. The first-order valence-corrected chi connectivity index (χ1v) is 11.6. The predicted octanol–water partition coefficient (Wildman–Crippen LogP) is 1.38. The summed E-state index contributed by atoms with van der Waals surface area (Å²) >= 11 is 0. The van der Waals surface area contributed by atoms with Gasteiger partial charge in [0.25, 0.3) is 0 Å². The van der Waals surface area contributed by atoms with Gasteiger partial charge in [0, 0.05) is 5.75 Å². The molecule has 0 radical (unpaired) electrons. The molecule has 0 aliphatic carbocycles. The Bertz CT molecular complexity index is 1180. The number of methoxy groups -OCH3 is 1. The van der Waals surface area contributed by atoms with Crippen molar-refractivity contribution in [3.05, 3.63) is 41.7 Å². The third-order valence-electron chi connectivity index (χ3n) is 4.66. The van der Waals surface area contributed by atoms with E-state index < -0.39 is 9.84 Å². The number of nitrogen functional groups attached to an aromatic ring is 1. The van der Waals surface area contributed by atoms with E-state index in [-0.39, 0.29) is 42.3 Å². The van der Waals surface area contributed by atoms with Crippen LogP contribution in [0.4, 0.5) is 5.82 Å². The number of carbonyl (C=O) groups is 1. The zero-order valence-corrected chi connectivity index (χ0v) is 18.3. The van der Waals surface area contributed by atoms with Gasteiger partial charge in [0.15, 0.2) is 17.0 Å². The number of esters is 1. The topological polar surface area (TPSA) is 139 Å². The summed E-state index contributed by atoms with van der Waals surface area (Å²) in [7, 11) is -1.69. The standard InChI is InChI=1S/C20H25N5O5S/c1-3-31(27,28)9-5-8-30-20-23-18(21)17-19(24-20)25(13-22-17)12-15-7-4-6-14(10-15)11-16(26)29-2/h4,6-7,10,13H,3,5,8-9,11-12H2,1-2H3,(H2,21,23,24). The molecule has 3 rings (SSSR count). The van der Waals surface area contributed by atoms with Gasteiger partial charge in [-0.3, -0.25) is 4.79 Å². The monoisotopic (exact) mass is 447 g/mol. The van der Waals surface area contributed by atoms with Gasteiger partial charge in [0.1, 0.15) is 9.84 Å². The summed E-state index contributed by atoms with van der Waals surface area (Å²) in [6.45, 7) is 2.23. The second kappa shape index (κ2) is 9.73. The fourth-order valence-electron chi connectivity index (χ4n) is 2.99. The summed E-state index contributed by atoms with van der Waals surface area (Å²) < 4.78 is 35.2. The Hall–Kier alpha value is -3.21. The van der Waals surface area contributed by atoms with Gasteiger partial charge in [-0.15, -0.1) is 0 Å². The van der Waals surface area contributed by atoms with Crippen LogP contribution in [0.25, 0.3) is 11.2 Å². The average molecular weight is 448 g/mol. The SMILES string of the molecule is CCS(=O)(=O)CCCOc1nc(N)c2ncn(Cc3cccc(CC(=O)OC)c3)c2n1. The molecule has 166 valence electrons. The van der Waals surface area contributed by atoms with Crippen LogP contribution in [0.15, 0.2) is 30.6 Å². The van der Waals surface area contributed by atoms with Gasteiger partial charge in [0.2, 0.25) is 0 Å². The highest BCUT2D eigenvalue weighted by atomic mass is 32.2. The summed E-state index contributed by atoms with van der Waals surface area (Å²) in [6.07, 6.45) is 2.14. The van der Waals surface area contributed by atoms with Crippen LogP contribution in [0.2, 0.25) is 0 Å². The minimum absolute atomic E-state index is 0.0427. The zero-order chi connectivity index (χ0) is 22.4. The van der Waals surface area contributed by atoms with Gasteiger partial charge in [-0.2, -0.15) is 9.97 Å². The largest absolute Gasteiger partial charge is 0.469 e. The Morgan fingerprint density at radius 3 is 2.74 bits per heavy atom. The molecule has 1 aromatic carbocycles. The Morgan fingerprint density at radius 1 is 1.23 bits per heavy atom.